The van der Waals surface area contributed by atoms with Crippen LogP contribution in [0.2, 0.25) is 19.6 Å². The summed E-state index contributed by atoms with van der Waals surface area (Å²) in [5.74, 6) is 0. The molecule has 0 aromatic heterocycles. The first-order valence-electron chi connectivity index (χ1n) is 5.86. The highest BCUT2D eigenvalue weighted by atomic mass is 28.3. The molecule has 1 aliphatic carbocycles. The highest BCUT2D eigenvalue weighted by molar-refractivity contribution is 6.84. The monoisotopic (exact) mass is 208 g/mol. The summed E-state index contributed by atoms with van der Waals surface area (Å²) >= 11 is 0. The summed E-state index contributed by atoms with van der Waals surface area (Å²) in [6.07, 6.45) is 7.67. The highest BCUT2D eigenvalue weighted by Crippen LogP contribution is 2.35. The van der Waals surface area contributed by atoms with Crippen LogP contribution in [-0.4, -0.2) is 8.07 Å². The predicted octanol–water partition coefficient (Wildman–Crippen LogP) is 4.70. The lowest BCUT2D eigenvalue weighted by molar-refractivity contribution is 0.796. The van der Waals surface area contributed by atoms with Crippen LogP contribution in [0.1, 0.15) is 39.5 Å². The fraction of sp³-hybridized carbons (Fsp3) is 0.692. The Balaban J connectivity index is 2.79. The van der Waals surface area contributed by atoms with Crippen molar-refractivity contribution in [1.82, 2.24) is 0 Å². The van der Waals surface area contributed by atoms with Crippen LogP contribution in [0.4, 0.5) is 0 Å². The fourth-order valence-corrected chi connectivity index (χ4v) is 5.04. The van der Waals surface area contributed by atoms with Gasteiger partial charge in [-0.25, -0.2) is 0 Å². The second kappa shape index (κ2) is 4.48. The SMILES string of the molecule is CCCCC1=CCC(C)=C1[Si](C)(C)C. The Labute approximate surface area is 90.1 Å². The molecule has 0 saturated carbocycles. The molecule has 1 rings (SSSR count). The smallest absolute Gasteiger partial charge is 0.0774 e. The second-order valence-corrected chi connectivity index (χ2v) is 10.4. The van der Waals surface area contributed by atoms with E-state index in [0.717, 1.165) is 0 Å². The molecule has 0 bridgehead atoms. The van der Waals surface area contributed by atoms with E-state index in [1.165, 1.54) is 25.7 Å². The van der Waals surface area contributed by atoms with E-state index >= 15 is 0 Å². The molecule has 0 saturated heterocycles. The van der Waals surface area contributed by atoms with Crippen LogP contribution < -0.4 is 0 Å². The maximum Gasteiger partial charge on any atom is 0.0778 e. The molecule has 0 nitrogen and oxygen atoms in total. The van der Waals surface area contributed by atoms with Crippen molar-refractivity contribution in [2.24, 2.45) is 0 Å². The van der Waals surface area contributed by atoms with Crippen LogP contribution in [0.3, 0.4) is 0 Å². The van der Waals surface area contributed by atoms with Gasteiger partial charge in [0, 0.05) is 0 Å². The third kappa shape index (κ3) is 2.60. The summed E-state index contributed by atoms with van der Waals surface area (Å²) in [7, 11) is -1.09. The largest absolute Gasteiger partial charge is 0.0778 e. The van der Waals surface area contributed by atoms with Gasteiger partial charge in [0.15, 0.2) is 0 Å². The first kappa shape index (κ1) is 11.8. The van der Waals surface area contributed by atoms with E-state index in [-0.39, 0.29) is 0 Å². The average molecular weight is 208 g/mol. The van der Waals surface area contributed by atoms with E-state index in [9.17, 15) is 0 Å². The molecule has 0 amide bonds. The number of rotatable bonds is 4. The van der Waals surface area contributed by atoms with E-state index in [1.54, 1.807) is 16.3 Å². The van der Waals surface area contributed by atoms with Crippen LogP contribution in [-0.2, 0) is 0 Å². The van der Waals surface area contributed by atoms with Crippen LogP contribution in [0.15, 0.2) is 22.4 Å². The summed E-state index contributed by atoms with van der Waals surface area (Å²) in [5.41, 5.74) is 3.33. The minimum Gasteiger partial charge on any atom is -0.0774 e. The van der Waals surface area contributed by atoms with Crippen molar-refractivity contribution in [3.63, 3.8) is 0 Å². The van der Waals surface area contributed by atoms with Crippen molar-refractivity contribution in [1.29, 1.82) is 0 Å². The average Bonchev–Trinajstić information content (AvgIpc) is 2.42. The molecule has 0 aromatic carbocycles. The van der Waals surface area contributed by atoms with Gasteiger partial charge in [0.05, 0.1) is 8.07 Å². The van der Waals surface area contributed by atoms with E-state index in [2.05, 4.69) is 39.6 Å². The highest BCUT2D eigenvalue weighted by Gasteiger charge is 2.26. The summed E-state index contributed by atoms with van der Waals surface area (Å²) < 4.78 is 0. The second-order valence-electron chi connectivity index (χ2n) is 5.44. The Bertz CT molecular complexity index is 263. The van der Waals surface area contributed by atoms with Gasteiger partial charge in [-0.2, -0.15) is 0 Å². The molecule has 0 heterocycles. The van der Waals surface area contributed by atoms with Crippen LogP contribution in [0.25, 0.3) is 0 Å². The van der Waals surface area contributed by atoms with Crippen molar-refractivity contribution in [3.8, 4) is 0 Å². The molecule has 0 unspecified atom stereocenters. The molecule has 0 aliphatic heterocycles. The van der Waals surface area contributed by atoms with E-state index < -0.39 is 8.07 Å². The van der Waals surface area contributed by atoms with Crippen molar-refractivity contribution in [2.75, 3.05) is 0 Å². The molecule has 80 valence electrons. The van der Waals surface area contributed by atoms with Crippen LogP contribution in [0.5, 0.6) is 0 Å². The molecule has 14 heavy (non-hydrogen) atoms. The van der Waals surface area contributed by atoms with Crippen molar-refractivity contribution >= 4 is 8.07 Å². The Morgan fingerprint density at radius 2 is 1.93 bits per heavy atom. The van der Waals surface area contributed by atoms with E-state index in [1.807, 2.05) is 0 Å². The van der Waals surface area contributed by atoms with Crippen molar-refractivity contribution in [3.05, 3.63) is 22.4 Å². The van der Waals surface area contributed by atoms with Gasteiger partial charge in [-0.15, -0.1) is 0 Å². The van der Waals surface area contributed by atoms with Crippen molar-refractivity contribution in [2.45, 2.75) is 59.2 Å². The Hall–Kier alpha value is -0.303. The number of unbranched alkanes of at least 4 members (excludes halogenated alkanes) is 1. The fourth-order valence-electron chi connectivity index (χ4n) is 2.47. The zero-order valence-corrected chi connectivity index (χ0v) is 11.4. The maximum absolute atomic E-state index is 2.47. The minimum atomic E-state index is -1.09. The lowest BCUT2D eigenvalue weighted by Crippen LogP contribution is -2.25. The Morgan fingerprint density at radius 1 is 1.29 bits per heavy atom. The minimum absolute atomic E-state index is 1.09. The molecule has 1 heteroatoms. The maximum atomic E-state index is 2.47. The van der Waals surface area contributed by atoms with Gasteiger partial charge in [0.25, 0.3) is 0 Å². The van der Waals surface area contributed by atoms with E-state index in [4.69, 9.17) is 0 Å². The van der Waals surface area contributed by atoms with Crippen molar-refractivity contribution < 1.29 is 0 Å². The molecule has 0 atom stereocenters. The molecule has 0 aromatic rings. The van der Waals surface area contributed by atoms with E-state index in [0.29, 0.717) is 0 Å². The summed E-state index contributed by atoms with van der Waals surface area (Å²) in [6, 6.07) is 0. The van der Waals surface area contributed by atoms with Crippen LogP contribution >= 0.6 is 0 Å². The molecule has 0 spiro atoms. The molecule has 1 aliphatic rings. The number of hydrogen-bond donors (Lipinski definition) is 0. The lowest BCUT2D eigenvalue weighted by Gasteiger charge is -2.23. The molecule has 0 N–H and O–H groups in total. The van der Waals surface area contributed by atoms with Gasteiger partial charge in [-0.3, -0.25) is 0 Å². The van der Waals surface area contributed by atoms with Gasteiger partial charge in [0.2, 0.25) is 0 Å². The first-order valence-corrected chi connectivity index (χ1v) is 9.36. The molecule has 0 radical (unpaired) electrons. The lowest BCUT2D eigenvalue weighted by atomic mass is 10.1. The summed E-state index contributed by atoms with van der Waals surface area (Å²) in [4.78, 5) is 0. The predicted molar refractivity (Wildman–Crippen MR) is 68.3 cm³/mol. The summed E-state index contributed by atoms with van der Waals surface area (Å²) in [5, 5.41) is 1.77. The summed E-state index contributed by atoms with van der Waals surface area (Å²) in [6.45, 7) is 12.0. The number of hydrogen-bond acceptors (Lipinski definition) is 0. The standard InChI is InChI=1S/C13H24Si/c1-6-7-8-12-10-9-11(2)13(12)14(3,4)5/h10H,6-9H2,1-5H3. The van der Waals surface area contributed by atoms with Gasteiger partial charge in [-0.1, -0.05) is 55.4 Å². The zero-order valence-electron chi connectivity index (χ0n) is 10.4. The molecular formula is C13H24Si. The topological polar surface area (TPSA) is 0 Å². The third-order valence-corrected chi connectivity index (χ3v) is 5.20. The Morgan fingerprint density at radius 3 is 2.43 bits per heavy atom. The van der Waals surface area contributed by atoms with Gasteiger partial charge in [0.1, 0.15) is 0 Å². The first-order chi connectivity index (χ1) is 6.46. The normalized spacial score (nSPS) is 17.6. The Kier molecular flexibility index (Phi) is 3.76. The third-order valence-electron chi connectivity index (χ3n) is 2.95. The quantitative estimate of drug-likeness (QED) is 0.587. The van der Waals surface area contributed by atoms with Gasteiger partial charge < -0.3 is 0 Å². The molecular weight excluding hydrogens is 184 g/mol. The zero-order chi connectivity index (χ0) is 10.8. The number of allylic oxidation sites excluding steroid dienone is 4. The van der Waals surface area contributed by atoms with Crippen LogP contribution in [0, 0.1) is 0 Å². The van der Waals surface area contributed by atoms with Gasteiger partial charge >= 0.3 is 0 Å². The molecule has 0 fully saturated rings. The van der Waals surface area contributed by atoms with Gasteiger partial charge in [-0.05, 0) is 26.2 Å².